The first-order valence-electron chi connectivity index (χ1n) is 3.43. The van der Waals surface area contributed by atoms with Crippen LogP contribution in [0.5, 0.6) is 0 Å². The van der Waals surface area contributed by atoms with Crippen molar-refractivity contribution in [1.82, 2.24) is 0 Å². The van der Waals surface area contributed by atoms with Crippen molar-refractivity contribution < 1.29 is 5.21 Å². The van der Waals surface area contributed by atoms with Crippen molar-refractivity contribution in [1.29, 1.82) is 0 Å². The second-order valence-corrected chi connectivity index (χ2v) is 2.61. The van der Waals surface area contributed by atoms with E-state index in [2.05, 4.69) is 10.5 Å². The Kier molecular flexibility index (Phi) is 2.94. The second kappa shape index (κ2) is 3.97. The van der Waals surface area contributed by atoms with Crippen LogP contribution < -0.4 is 5.32 Å². The van der Waals surface area contributed by atoms with Crippen molar-refractivity contribution in [2.45, 2.75) is 0 Å². The maximum absolute atomic E-state index is 8.33. The summed E-state index contributed by atoms with van der Waals surface area (Å²) in [4.78, 5) is 0. The van der Waals surface area contributed by atoms with E-state index in [-0.39, 0.29) is 0 Å². The highest BCUT2D eigenvalue weighted by atomic mass is 35.5. The van der Waals surface area contributed by atoms with Crippen LogP contribution in [-0.2, 0) is 0 Å². The first-order chi connectivity index (χ1) is 5.79. The van der Waals surface area contributed by atoms with Crippen LogP contribution in [0.1, 0.15) is 5.56 Å². The van der Waals surface area contributed by atoms with Crippen molar-refractivity contribution in [2.24, 2.45) is 5.16 Å². The maximum Gasteiger partial charge on any atom is 0.0755 e. The Hall–Kier alpha value is -1.22. The van der Waals surface area contributed by atoms with Gasteiger partial charge in [0.2, 0.25) is 0 Å². The van der Waals surface area contributed by atoms with E-state index in [4.69, 9.17) is 16.8 Å². The molecule has 0 aliphatic heterocycles. The van der Waals surface area contributed by atoms with E-state index in [0.717, 1.165) is 11.3 Å². The molecule has 0 bridgehead atoms. The van der Waals surface area contributed by atoms with Crippen molar-refractivity contribution >= 4 is 23.5 Å². The molecule has 1 rings (SSSR count). The van der Waals surface area contributed by atoms with Crippen LogP contribution in [0.25, 0.3) is 0 Å². The molecule has 4 heteroatoms. The van der Waals surface area contributed by atoms with Crippen molar-refractivity contribution in [3.63, 3.8) is 0 Å². The van der Waals surface area contributed by atoms with Gasteiger partial charge in [0.1, 0.15) is 0 Å². The molecule has 0 saturated carbocycles. The van der Waals surface area contributed by atoms with Gasteiger partial charge >= 0.3 is 0 Å². The monoisotopic (exact) mass is 184 g/mol. The van der Waals surface area contributed by atoms with Gasteiger partial charge in [0, 0.05) is 12.6 Å². The molecule has 0 amide bonds. The topological polar surface area (TPSA) is 44.6 Å². The highest BCUT2D eigenvalue weighted by Crippen LogP contribution is 2.23. The molecule has 12 heavy (non-hydrogen) atoms. The Balaban J connectivity index is 3.18. The minimum absolute atomic E-state index is 0.606. The molecule has 1 aromatic rings. The fourth-order valence-corrected chi connectivity index (χ4v) is 1.25. The molecule has 0 aliphatic carbocycles. The molecule has 0 unspecified atom stereocenters. The Morgan fingerprint density at radius 2 is 2.33 bits per heavy atom. The van der Waals surface area contributed by atoms with Crippen LogP contribution in [0.2, 0.25) is 5.02 Å². The molecule has 0 aliphatic rings. The van der Waals surface area contributed by atoms with Gasteiger partial charge in [0.15, 0.2) is 0 Å². The molecular formula is C8H9ClN2O. The average molecular weight is 185 g/mol. The lowest BCUT2D eigenvalue weighted by Crippen LogP contribution is -1.95. The fourth-order valence-electron chi connectivity index (χ4n) is 0.974. The van der Waals surface area contributed by atoms with Crippen LogP contribution >= 0.6 is 11.6 Å². The van der Waals surface area contributed by atoms with Crippen LogP contribution in [0.4, 0.5) is 5.69 Å². The molecule has 64 valence electrons. The second-order valence-electron chi connectivity index (χ2n) is 2.20. The van der Waals surface area contributed by atoms with Gasteiger partial charge in [0.05, 0.1) is 16.9 Å². The highest BCUT2D eigenvalue weighted by molar-refractivity contribution is 6.33. The van der Waals surface area contributed by atoms with E-state index < -0.39 is 0 Å². The molecule has 0 saturated heterocycles. The third-order valence-corrected chi connectivity index (χ3v) is 1.81. The van der Waals surface area contributed by atoms with Crippen LogP contribution in [0.15, 0.2) is 23.4 Å². The summed E-state index contributed by atoms with van der Waals surface area (Å²) in [5.41, 5.74) is 1.52. The number of oxime groups is 1. The van der Waals surface area contributed by atoms with Crippen LogP contribution in [0.3, 0.4) is 0 Å². The summed E-state index contributed by atoms with van der Waals surface area (Å²) in [7, 11) is 1.76. The fraction of sp³-hybridized carbons (Fsp3) is 0.125. The maximum atomic E-state index is 8.33. The van der Waals surface area contributed by atoms with Gasteiger partial charge in [-0.1, -0.05) is 28.9 Å². The SMILES string of the molecule is CNc1c(Cl)cccc1C=NO. The molecular weight excluding hydrogens is 176 g/mol. The number of para-hydroxylation sites is 1. The molecule has 0 aromatic heterocycles. The van der Waals surface area contributed by atoms with Crippen LogP contribution in [0, 0.1) is 0 Å². The largest absolute Gasteiger partial charge is 0.411 e. The van der Waals surface area contributed by atoms with Crippen molar-refractivity contribution in [3.8, 4) is 0 Å². The predicted octanol–water partition coefficient (Wildman–Crippen LogP) is 2.19. The van der Waals surface area contributed by atoms with E-state index in [1.807, 2.05) is 0 Å². The number of anilines is 1. The average Bonchev–Trinajstić information content (AvgIpc) is 2.05. The number of benzene rings is 1. The minimum Gasteiger partial charge on any atom is -0.411 e. The molecule has 0 heterocycles. The number of hydrogen-bond acceptors (Lipinski definition) is 3. The van der Waals surface area contributed by atoms with E-state index in [9.17, 15) is 0 Å². The van der Waals surface area contributed by atoms with E-state index >= 15 is 0 Å². The van der Waals surface area contributed by atoms with Gasteiger partial charge < -0.3 is 10.5 Å². The van der Waals surface area contributed by atoms with Crippen molar-refractivity contribution in [3.05, 3.63) is 28.8 Å². The molecule has 0 fully saturated rings. The number of hydrogen-bond donors (Lipinski definition) is 2. The molecule has 1 aromatic carbocycles. The summed E-state index contributed by atoms with van der Waals surface area (Å²) in [5, 5.41) is 14.8. The van der Waals surface area contributed by atoms with Gasteiger partial charge in [-0.05, 0) is 6.07 Å². The summed E-state index contributed by atoms with van der Waals surface area (Å²) >= 11 is 5.86. The van der Waals surface area contributed by atoms with Gasteiger partial charge in [-0.15, -0.1) is 0 Å². The summed E-state index contributed by atoms with van der Waals surface area (Å²) in [6.45, 7) is 0. The predicted molar refractivity (Wildman–Crippen MR) is 50.4 cm³/mol. The minimum atomic E-state index is 0.606. The molecule has 0 atom stereocenters. The van der Waals surface area contributed by atoms with E-state index in [1.165, 1.54) is 6.21 Å². The zero-order valence-electron chi connectivity index (χ0n) is 6.58. The zero-order chi connectivity index (χ0) is 8.97. The zero-order valence-corrected chi connectivity index (χ0v) is 7.34. The summed E-state index contributed by atoms with van der Waals surface area (Å²) in [6.07, 6.45) is 1.33. The third-order valence-electron chi connectivity index (χ3n) is 1.49. The first kappa shape index (κ1) is 8.87. The lowest BCUT2D eigenvalue weighted by atomic mass is 10.2. The smallest absolute Gasteiger partial charge is 0.0755 e. The quantitative estimate of drug-likeness (QED) is 0.421. The number of nitrogens with one attached hydrogen (secondary N) is 1. The molecule has 2 N–H and O–H groups in total. The molecule has 0 radical (unpaired) electrons. The van der Waals surface area contributed by atoms with Crippen molar-refractivity contribution in [2.75, 3.05) is 12.4 Å². The normalized spacial score (nSPS) is 10.5. The third kappa shape index (κ3) is 1.68. The standard InChI is InChI=1S/C8H9ClN2O/c1-10-8-6(5-11-12)3-2-4-7(8)9/h2-5,10,12H,1H3. The van der Waals surface area contributed by atoms with Gasteiger partial charge in [0.25, 0.3) is 0 Å². The Bertz CT molecular complexity index is 299. The van der Waals surface area contributed by atoms with E-state index in [1.54, 1.807) is 25.2 Å². The molecule has 0 spiro atoms. The number of nitrogens with zero attached hydrogens (tertiary/aromatic N) is 1. The summed E-state index contributed by atoms with van der Waals surface area (Å²) in [6, 6.07) is 5.36. The summed E-state index contributed by atoms with van der Waals surface area (Å²) in [5.74, 6) is 0. The van der Waals surface area contributed by atoms with Gasteiger partial charge in [-0.3, -0.25) is 0 Å². The summed E-state index contributed by atoms with van der Waals surface area (Å²) < 4.78 is 0. The first-order valence-corrected chi connectivity index (χ1v) is 3.81. The van der Waals surface area contributed by atoms with Gasteiger partial charge in [-0.2, -0.15) is 0 Å². The lowest BCUT2D eigenvalue weighted by molar-refractivity contribution is 0.322. The highest BCUT2D eigenvalue weighted by Gasteiger charge is 2.01. The Morgan fingerprint density at radius 3 is 2.92 bits per heavy atom. The molecule has 3 nitrogen and oxygen atoms in total. The van der Waals surface area contributed by atoms with Crippen LogP contribution in [-0.4, -0.2) is 18.5 Å². The van der Waals surface area contributed by atoms with E-state index in [0.29, 0.717) is 5.02 Å². The Labute approximate surface area is 75.7 Å². The van der Waals surface area contributed by atoms with Gasteiger partial charge in [-0.25, -0.2) is 0 Å². The Morgan fingerprint density at radius 1 is 1.58 bits per heavy atom. The lowest BCUT2D eigenvalue weighted by Gasteiger charge is -2.05. The number of rotatable bonds is 2. The number of halogens is 1.